The first-order valence-electron chi connectivity index (χ1n) is 11.7. The van der Waals surface area contributed by atoms with E-state index in [-0.39, 0.29) is 5.91 Å². The fourth-order valence-electron chi connectivity index (χ4n) is 4.08. The maximum atomic E-state index is 12.9. The van der Waals surface area contributed by atoms with Crippen molar-refractivity contribution in [2.45, 2.75) is 13.2 Å². The minimum atomic E-state index is -0.350. The molecule has 5 rings (SSSR count). The predicted octanol–water partition coefficient (Wildman–Crippen LogP) is 7.34. The van der Waals surface area contributed by atoms with Gasteiger partial charge in [-0.2, -0.15) is 5.10 Å². The maximum Gasteiger partial charge on any atom is 0.275 e. The van der Waals surface area contributed by atoms with Crippen LogP contribution in [0.4, 0.5) is 0 Å². The summed E-state index contributed by atoms with van der Waals surface area (Å²) in [6.45, 7) is 0.939. The lowest BCUT2D eigenvalue weighted by molar-refractivity contribution is 0.0950. The second-order valence-electron chi connectivity index (χ2n) is 8.43. The SMILES string of the molecule is O=C(N/N=C/c1cn(Cc2ccc(Cl)cc2Cl)c2ccccc12)c1ccccc1OCc1ccccc1. The molecular weight excluding hydrogens is 505 g/mol. The Labute approximate surface area is 224 Å². The topological polar surface area (TPSA) is 55.6 Å². The average Bonchev–Trinajstić information content (AvgIpc) is 3.27. The van der Waals surface area contributed by atoms with E-state index in [4.69, 9.17) is 27.9 Å². The molecule has 184 valence electrons. The Bertz CT molecular complexity index is 1580. The number of carbonyl (C=O) groups excluding carboxylic acids is 1. The number of hydrogen-bond acceptors (Lipinski definition) is 3. The molecule has 5 aromatic rings. The van der Waals surface area contributed by atoms with Crippen molar-refractivity contribution in [3.63, 3.8) is 0 Å². The molecular formula is C30H23Cl2N3O2. The molecule has 0 saturated carbocycles. The molecule has 0 aliphatic heterocycles. The number of para-hydroxylation sites is 2. The predicted molar refractivity (Wildman–Crippen MR) is 150 cm³/mol. The van der Waals surface area contributed by atoms with Crippen molar-refractivity contribution < 1.29 is 9.53 Å². The summed E-state index contributed by atoms with van der Waals surface area (Å²) in [5.41, 5.74) is 6.92. The third-order valence-corrected chi connectivity index (χ3v) is 6.50. The van der Waals surface area contributed by atoms with Crippen molar-refractivity contribution in [2.75, 3.05) is 0 Å². The summed E-state index contributed by atoms with van der Waals surface area (Å²) in [5, 5.41) is 6.46. The normalized spacial score (nSPS) is 11.2. The lowest BCUT2D eigenvalue weighted by atomic mass is 10.2. The number of nitrogens with one attached hydrogen (secondary N) is 1. The lowest BCUT2D eigenvalue weighted by Gasteiger charge is -2.10. The van der Waals surface area contributed by atoms with E-state index in [9.17, 15) is 4.79 Å². The first-order valence-corrected chi connectivity index (χ1v) is 12.4. The van der Waals surface area contributed by atoms with E-state index in [0.717, 1.165) is 27.6 Å². The van der Waals surface area contributed by atoms with Crippen LogP contribution < -0.4 is 10.2 Å². The number of ether oxygens (including phenoxy) is 1. The van der Waals surface area contributed by atoms with E-state index in [1.165, 1.54) is 0 Å². The fraction of sp³-hybridized carbons (Fsp3) is 0.0667. The highest BCUT2D eigenvalue weighted by Gasteiger charge is 2.13. The van der Waals surface area contributed by atoms with Crippen molar-refractivity contribution in [3.05, 3.63) is 136 Å². The second kappa shape index (κ2) is 11.3. The van der Waals surface area contributed by atoms with Crippen LogP contribution in [0.1, 0.15) is 27.0 Å². The standard InChI is InChI=1S/C30H23Cl2N3O2/c31-24-15-14-22(27(32)16-24)18-35-19-23(25-10-4-6-12-28(25)35)17-33-34-30(36)26-11-5-7-13-29(26)37-20-21-8-2-1-3-9-21/h1-17,19H,18,20H2,(H,34,36)/b33-17+. The zero-order valence-electron chi connectivity index (χ0n) is 19.8. The number of carbonyl (C=O) groups is 1. The minimum Gasteiger partial charge on any atom is -0.488 e. The van der Waals surface area contributed by atoms with Crippen molar-refractivity contribution in [3.8, 4) is 5.75 Å². The summed E-state index contributed by atoms with van der Waals surface area (Å²) in [4.78, 5) is 12.9. The molecule has 4 aromatic carbocycles. The van der Waals surface area contributed by atoms with Crippen LogP contribution in [0.25, 0.3) is 10.9 Å². The Hall–Kier alpha value is -4.06. The van der Waals surface area contributed by atoms with Crippen LogP contribution in [0, 0.1) is 0 Å². The summed E-state index contributed by atoms with van der Waals surface area (Å²) in [6, 6.07) is 30.4. The molecule has 1 N–H and O–H groups in total. The third kappa shape index (κ3) is 5.85. The van der Waals surface area contributed by atoms with Gasteiger partial charge in [-0.1, -0.05) is 89.9 Å². The zero-order chi connectivity index (χ0) is 25.6. The van der Waals surface area contributed by atoms with Gasteiger partial charge in [-0.05, 0) is 41.5 Å². The summed E-state index contributed by atoms with van der Waals surface area (Å²) in [6.07, 6.45) is 3.63. The third-order valence-electron chi connectivity index (χ3n) is 5.91. The van der Waals surface area contributed by atoms with Crippen LogP contribution >= 0.6 is 23.2 Å². The van der Waals surface area contributed by atoms with Gasteiger partial charge in [-0.15, -0.1) is 0 Å². The van der Waals surface area contributed by atoms with Crippen LogP contribution in [0.3, 0.4) is 0 Å². The summed E-state index contributed by atoms with van der Waals surface area (Å²) in [5.74, 6) is 0.145. The largest absolute Gasteiger partial charge is 0.488 e. The number of amides is 1. The Morgan fingerprint density at radius 2 is 1.68 bits per heavy atom. The molecule has 0 fully saturated rings. The van der Waals surface area contributed by atoms with E-state index >= 15 is 0 Å². The van der Waals surface area contributed by atoms with Gasteiger partial charge < -0.3 is 9.30 Å². The van der Waals surface area contributed by atoms with Crippen molar-refractivity contribution in [1.29, 1.82) is 0 Å². The summed E-state index contributed by atoms with van der Waals surface area (Å²) < 4.78 is 8.01. The average molecular weight is 528 g/mol. The van der Waals surface area contributed by atoms with Crippen LogP contribution in [0.5, 0.6) is 5.75 Å². The molecule has 0 atom stereocenters. The maximum absolute atomic E-state index is 12.9. The highest BCUT2D eigenvalue weighted by Crippen LogP contribution is 2.26. The van der Waals surface area contributed by atoms with E-state index in [0.29, 0.717) is 34.5 Å². The van der Waals surface area contributed by atoms with E-state index in [1.54, 1.807) is 30.5 Å². The molecule has 0 spiro atoms. The van der Waals surface area contributed by atoms with Gasteiger partial charge in [0.2, 0.25) is 0 Å². The Kier molecular flexibility index (Phi) is 7.54. The van der Waals surface area contributed by atoms with Gasteiger partial charge in [0.1, 0.15) is 12.4 Å². The lowest BCUT2D eigenvalue weighted by Crippen LogP contribution is -2.18. The molecule has 0 aliphatic carbocycles. The first kappa shape index (κ1) is 24.6. The molecule has 0 unspecified atom stereocenters. The molecule has 5 nitrogen and oxygen atoms in total. The van der Waals surface area contributed by atoms with Gasteiger partial charge in [0.05, 0.1) is 11.8 Å². The summed E-state index contributed by atoms with van der Waals surface area (Å²) >= 11 is 12.5. The highest BCUT2D eigenvalue weighted by molar-refractivity contribution is 6.35. The number of rotatable bonds is 8. The number of fused-ring (bicyclic) bond motifs is 1. The van der Waals surface area contributed by atoms with E-state index in [1.807, 2.05) is 79.0 Å². The molecule has 1 heterocycles. The smallest absolute Gasteiger partial charge is 0.275 e. The van der Waals surface area contributed by atoms with Crippen LogP contribution in [0.15, 0.2) is 108 Å². The number of aromatic nitrogens is 1. The van der Waals surface area contributed by atoms with Gasteiger partial charge in [0.15, 0.2) is 0 Å². The number of benzene rings is 4. The number of hydrogen-bond donors (Lipinski definition) is 1. The molecule has 0 bridgehead atoms. The molecule has 0 aliphatic rings. The monoisotopic (exact) mass is 527 g/mol. The van der Waals surface area contributed by atoms with Crippen LogP contribution in [-0.2, 0) is 13.2 Å². The quantitative estimate of drug-likeness (QED) is 0.169. The number of halogens is 2. The van der Waals surface area contributed by atoms with Gasteiger partial charge in [-0.25, -0.2) is 5.43 Å². The highest BCUT2D eigenvalue weighted by atomic mass is 35.5. The second-order valence-corrected chi connectivity index (χ2v) is 9.28. The minimum absolute atomic E-state index is 0.350. The van der Waals surface area contributed by atoms with Crippen molar-refractivity contribution in [2.24, 2.45) is 5.10 Å². The zero-order valence-corrected chi connectivity index (χ0v) is 21.3. The van der Waals surface area contributed by atoms with Crippen LogP contribution in [-0.4, -0.2) is 16.7 Å². The summed E-state index contributed by atoms with van der Waals surface area (Å²) in [7, 11) is 0. The van der Waals surface area contributed by atoms with Gasteiger partial charge in [0.25, 0.3) is 5.91 Å². The molecule has 0 radical (unpaired) electrons. The van der Waals surface area contributed by atoms with E-state index < -0.39 is 0 Å². The number of nitrogens with zero attached hydrogens (tertiary/aromatic N) is 2. The molecule has 37 heavy (non-hydrogen) atoms. The van der Waals surface area contributed by atoms with E-state index in [2.05, 4.69) is 15.1 Å². The Morgan fingerprint density at radius 3 is 2.51 bits per heavy atom. The molecule has 7 heteroatoms. The van der Waals surface area contributed by atoms with Crippen LogP contribution in [0.2, 0.25) is 10.0 Å². The first-order chi connectivity index (χ1) is 18.1. The molecule has 1 amide bonds. The molecule has 1 aromatic heterocycles. The van der Waals surface area contributed by atoms with Gasteiger partial charge in [0, 0.05) is 39.3 Å². The number of hydrazone groups is 1. The fourth-order valence-corrected chi connectivity index (χ4v) is 4.55. The molecule has 0 saturated heterocycles. The van der Waals surface area contributed by atoms with Gasteiger partial charge in [-0.3, -0.25) is 4.79 Å². The Morgan fingerprint density at radius 1 is 0.919 bits per heavy atom. The van der Waals surface area contributed by atoms with Gasteiger partial charge >= 0.3 is 0 Å². The van der Waals surface area contributed by atoms with Crippen molar-refractivity contribution in [1.82, 2.24) is 9.99 Å². The Balaban J connectivity index is 1.32. The van der Waals surface area contributed by atoms with Crippen molar-refractivity contribution >= 4 is 46.2 Å².